The summed E-state index contributed by atoms with van der Waals surface area (Å²) in [6.45, 7) is 7.94. The fourth-order valence-electron chi connectivity index (χ4n) is 4.46. The number of benzene rings is 1. The van der Waals surface area contributed by atoms with E-state index in [2.05, 4.69) is 31.2 Å². The molecular weight excluding hydrogens is 388 g/mol. The summed E-state index contributed by atoms with van der Waals surface area (Å²) in [6.07, 6.45) is 5.58. The van der Waals surface area contributed by atoms with Crippen LogP contribution < -0.4 is 10.2 Å². The van der Waals surface area contributed by atoms with E-state index in [1.807, 2.05) is 24.8 Å². The number of likely N-dealkylation sites (tertiary alicyclic amines) is 1. The van der Waals surface area contributed by atoms with E-state index >= 15 is 0 Å². The van der Waals surface area contributed by atoms with Crippen LogP contribution in [0.3, 0.4) is 0 Å². The fraction of sp³-hybridized carbons (Fsp3) is 0.520. The first-order valence-corrected chi connectivity index (χ1v) is 11.5. The van der Waals surface area contributed by atoms with Crippen LogP contribution in [0.2, 0.25) is 0 Å². The molecule has 1 aromatic carbocycles. The molecule has 0 bridgehead atoms. The highest BCUT2D eigenvalue weighted by Gasteiger charge is 2.26. The first-order valence-electron chi connectivity index (χ1n) is 11.5. The zero-order valence-corrected chi connectivity index (χ0v) is 19.0. The summed E-state index contributed by atoms with van der Waals surface area (Å²) in [6, 6.07) is 12.0. The summed E-state index contributed by atoms with van der Waals surface area (Å²) in [4.78, 5) is 1.98. The first kappa shape index (κ1) is 23.1. The zero-order valence-electron chi connectivity index (χ0n) is 19.0. The first-order chi connectivity index (χ1) is 15.1. The summed E-state index contributed by atoms with van der Waals surface area (Å²) in [5, 5.41) is 26.2. The van der Waals surface area contributed by atoms with E-state index in [-0.39, 0.29) is 18.2 Å². The van der Waals surface area contributed by atoms with Crippen molar-refractivity contribution in [3.05, 3.63) is 59.2 Å². The van der Waals surface area contributed by atoms with Crippen molar-refractivity contribution in [2.45, 2.75) is 58.5 Å². The smallest absolute Gasteiger partial charge is 0.203 e. The van der Waals surface area contributed by atoms with Gasteiger partial charge in [0, 0.05) is 19.7 Å². The van der Waals surface area contributed by atoms with E-state index < -0.39 is 0 Å². The Bertz CT molecular complexity index is 931. The van der Waals surface area contributed by atoms with Gasteiger partial charge in [-0.2, -0.15) is 0 Å². The molecular formula is C25H36N4O2. The van der Waals surface area contributed by atoms with Crippen LogP contribution in [-0.4, -0.2) is 40.2 Å². The average Bonchev–Trinajstić information content (AvgIpc) is 2.83. The van der Waals surface area contributed by atoms with Crippen LogP contribution in [0.5, 0.6) is 5.75 Å². The van der Waals surface area contributed by atoms with Crippen molar-refractivity contribution in [1.29, 1.82) is 10.8 Å². The number of aliphatic hydroxyl groups is 1. The fourth-order valence-corrected chi connectivity index (χ4v) is 4.46. The van der Waals surface area contributed by atoms with Crippen molar-refractivity contribution in [2.24, 2.45) is 5.92 Å². The molecule has 1 saturated heterocycles. The lowest BCUT2D eigenvalue weighted by molar-refractivity contribution is 0.163. The molecule has 0 saturated carbocycles. The number of aliphatic hydroxyl groups excluding tert-OH is 1. The number of hydrogen-bond acceptors (Lipinski definition) is 4. The molecule has 1 fully saturated rings. The molecule has 0 amide bonds. The van der Waals surface area contributed by atoms with Crippen molar-refractivity contribution >= 4 is 5.96 Å². The Balaban J connectivity index is 0.00000132. The Kier molecular flexibility index (Phi) is 7.91. The van der Waals surface area contributed by atoms with E-state index in [9.17, 15) is 5.11 Å². The van der Waals surface area contributed by atoms with Gasteiger partial charge in [-0.25, -0.2) is 0 Å². The molecule has 0 radical (unpaired) electrons. The highest BCUT2D eigenvalue weighted by atomic mass is 16.5. The highest BCUT2D eigenvalue weighted by molar-refractivity contribution is 5.79. The molecule has 6 nitrogen and oxygen atoms in total. The molecule has 0 spiro atoms. The number of rotatable bonds is 3. The van der Waals surface area contributed by atoms with Crippen LogP contribution in [-0.2, 0) is 0 Å². The van der Waals surface area contributed by atoms with Gasteiger partial charge in [0.2, 0.25) is 5.96 Å². The molecule has 1 aliphatic heterocycles. The Morgan fingerprint density at radius 3 is 2.39 bits per heavy atom. The second kappa shape index (κ2) is 10.6. The maximum Gasteiger partial charge on any atom is 0.203 e. The number of piperidine rings is 1. The molecule has 2 aliphatic rings. The third-order valence-electron chi connectivity index (χ3n) is 6.34. The minimum Gasteiger partial charge on any atom is -0.484 e. The van der Waals surface area contributed by atoms with Gasteiger partial charge in [-0.05, 0) is 60.8 Å². The van der Waals surface area contributed by atoms with E-state index in [1.165, 1.54) is 11.1 Å². The third kappa shape index (κ3) is 5.18. The van der Waals surface area contributed by atoms with Crippen LogP contribution in [0.4, 0.5) is 0 Å². The zero-order chi connectivity index (χ0) is 22.4. The minimum atomic E-state index is 0.00177. The van der Waals surface area contributed by atoms with E-state index in [1.54, 1.807) is 16.8 Å². The summed E-state index contributed by atoms with van der Waals surface area (Å²) in [7, 11) is 0. The molecule has 6 heteroatoms. The molecule has 2 heterocycles. The molecule has 1 aliphatic carbocycles. The number of nitrogens with one attached hydrogen (secondary N) is 2. The SMILES string of the molecule is CC.C[C@H]1CC[C@@H](Oc2ccc(=N)n(C(=N)N3CCC(CO)CC3)c2)c2ccccc21. The summed E-state index contributed by atoms with van der Waals surface area (Å²) in [5.74, 6) is 1.85. The number of aromatic nitrogens is 1. The second-order valence-corrected chi connectivity index (χ2v) is 8.27. The molecule has 1 aromatic heterocycles. The van der Waals surface area contributed by atoms with Gasteiger partial charge in [-0.3, -0.25) is 15.4 Å². The standard InChI is InChI=1S/C23H30N4O2.C2H6/c1-16-6-8-21(20-5-3-2-4-19(16)20)29-18-7-9-22(24)27(14-18)23(25)26-12-10-17(15-28)11-13-26;1-2/h2-5,7,9,14,16-17,21,24-25,28H,6,8,10-13,15H2,1H3;1-2H3/t16-,21+;/m0./s1. The van der Waals surface area contributed by atoms with Gasteiger partial charge in [0.25, 0.3) is 0 Å². The second-order valence-electron chi connectivity index (χ2n) is 8.27. The van der Waals surface area contributed by atoms with Crippen LogP contribution in [0.15, 0.2) is 42.6 Å². The summed E-state index contributed by atoms with van der Waals surface area (Å²) < 4.78 is 7.93. The van der Waals surface area contributed by atoms with Crippen LogP contribution >= 0.6 is 0 Å². The number of fused-ring (bicyclic) bond motifs is 1. The number of ether oxygens (including phenoxy) is 1. The lowest BCUT2D eigenvalue weighted by Gasteiger charge is -2.33. The van der Waals surface area contributed by atoms with Gasteiger partial charge < -0.3 is 14.7 Å². The Hall–Kier alpha value is -2.60. The van der Waals surface area contributed by atoms with Gasteiger partial charge in [0.1, 0.15) is 17.3 Å². The van der Waals surface area contributed by atoms with Crippen molar-refractivity contribution < 1.29 is 9.84 Å². The lowest BCUT2D eigenvalue weighted by Crippen LogP contribution is -2.44. The van der Waals surface area contributed by atoms with Crippen molar-refractivity contribution in [3.8, 4) is 5.75 Å². The van der Waals surface area contributed by atoms with Gasteiger partial charge in [-0.15, -0.1) is 0 Å². The molecule has 31 heavy (non-hydrogen) atoms. The number of hydrogen-bond donors (Lipinski definition) is 3. The van der Waals surface area contributed by atoms with Gasteiger partial charge in [-0.1, -0.05) is 45.0 Å². The van der Waals surface area contributed by atoms with Gasteiger partial charge in [0.15, 0.2) is 0 Å². The van der Waals surface area contributed by atoms with E-state index in [0.29, 0.717) is 23.5 Å². The molecule has 4 rings (SSSR count). The largest absolute Gasteiger partial charge is 0.484 e. The van der Waals surface area contributed by atoms with Crippen molar-refractivity contribution in [2.75, 3.05) is 19.7 Å². The minimum absolute atomic E-state index is 0.00177. The molecule has 168 valence electrons. The van der Waals surface area contributed by atoms with Crippen LogP contribution in [0.1, 0.15) is 69.6 Å². The predicted molar refractivity (Wildman–Crippen MR) is 124 cm³/mol. The Morgan fingerprint density at radius 1 is 1.03 bits per heavy atom. The van der Waals surface area contributed by atoms with Crippen molar-refractivity contribution in [1.82, 2.24) is 9.47 Å². The quantitative estimate of drug-likeness (QED) is 0.501. The number of pyridine rings is 1. The summed E-state index contributed by atoms with van der Waals surface area (Å²) >= 11 is 0. The maximum absolute atomic E-state index is 9.33. The van der Waals surface area contributed by atoms with Crippen LogP contribution in [0, 0.1) is 16.7 Å². The van der Waals surface area contributed by atoms with E-state index in [4.69, 9.17) is 15.6 Å². The lowest BCUT2D eigenvalue weighted by atomic mass is 9.82. The topological polar surface area (TPSA) is 85.3 Å². The normalized spacial score (nSPS) is 21.0. The van der Waals surface area contributed by atoms with Gasteiger partial charge >= 0.3 is 0 Å². The molecule has 2 atom stereocenters. The number of nitrogens with zero attached hydrogens (tertiary/aromatic N) is 2. The van der Waals surface area contributed by atoms with E-state index in [0.717, 1.165) is 38.8 Å². The Morgan fingerprint density at radius 2 is 1.71 bits per heavy atom. The molecule has 0 unspecified atom stereocenters. The van der Waals surface area contributed by atoms with Gasteiger partial charge in [0.05, 0.1) is 6.20 Å². The predicted octanol–water partition coefficient (Wildman–Crippen LogP) is 4.50. The molecule has 2 aromatic rings. The van der Waals surface area contributed by atoms with Crippen LogP contribution in [0.25, 0.3) is 0 Å². The molecule has 3 N–H and O–H groups in total. The maximum atomic E-state index is 9.33. The monoisotopic (exact) mass is 424 g/mol. The van der Waals surface area contributed by atoms with Crippen molar-refractivity contribution in [3.63, 3.8) is 0 Å². The summed E-state index contributed by atoms with van der Waals surface area (Å²) in [5.41, 5.74) is 2.87. The third-order valence-corrected chi connectivity index (χ3v) is 6.34. The average molecular weight is 425 g/mol. The Labute approximate surface area is 185 Å². The highest BCUT2D eigenvalue weighted by Crippen LogP contribution is 2.39.